The molecular formula is C15H19Cl2NO2. The number of ether oxygens (including phenoxy) is 1. The van der Waals surface area contributed by atoms with E-state index in [1.54, 1.807) is 12.1 Å². The van der Waals surface area contributed by atoms with E-state index in [1.165, 1.54) is 20.0 Å². The smallest absolute Gasteiger partial charge is 0.313 e. The molecule has 1 aromatic rings. The molecule has 1 aliphatic carbocycles. The molecule has 110 valence electrons. The largest absolute Gasteiger partial charge is 0.469 e. The lowest BCUT2D eigenvalue weighted by atomic mass is 9.87. The molecule has 0 radical (unpaired) electrons. The highest BCUT2D eigenvalue weighted by Crippen LogP contribution is 2.39. The molecular weight excluding hydrogens is 297 g/mol. The van der Waals surface area contributed by atoms with Gasteiger partial charge in [0.25, 0.3) is 0 Å². The summed E-state index contributed by atoms with van der Waals surface area (Å²) in [5.41, 5.74) is 7.12. The van der Waals surface area contributed by atoms with Crippen LogP contribution in [-0.2, 0) is 9.53 Å². The molecule has 2 N–H and O–H groups in total. The Kier molecular flexibility index (Phi) is 5.17. The third kappa shape index (κ3) is 3.39. The van der Waals surface area contributed by atoms with Crippen molar-refractivity contribution in [3.8, 4) is 0 Å². The minimum Gasteiger partial charge on any atom is -0.469 e. The van der Waals surface area contributed by atoms with E-state index in [2.05, 4.69) is 0 Å². The van der Waals surface area contributed by atoms with Crippen LogP contribution < -0.4 is 5.73 Å². The summed E-state index contributed by atoms with van der Waals surface area (Å²) in [5.74, 6) is -0.127. The number of nitrogens with two attached hydrogens (primary N) is 1. The van der Waals surface area contributed by atoms with Crippen molar-refractivity contribution < 1.29 is 9.53 Å². The Morgan fingerprint density at radius 1 is 1.40 bits per heavy atom. The Labute approximate surface area is 129 Å². The molecule has 0 amide bonds. The van der Waals surface area contributed by atoms with Gasteiger partial charge in [-0.15, -0.1) is 0 Å². The SMILES string of the molecule is COC(=O)C(CC1CCCC1)c1cc(Cl)cc(Cl)c1N. The average Bonchev–Trinajstić information content (AvgIpc) is 2.92. The summed E-state index contributed by atoms with van der Waals surface area (Å²) >= 11 is 12.1. The highest BCUT2D eigenvalue weighted by molar-refractivity contribution is 6.36. The second-order valence-corrected chi connectivity index (χ2v) is 6.20. The van der Waals surface area contributed by atoms with Crippen LogP contribution in [0, 0.1) is 5.92 Å². The van der Waals surface area contributed by atoms with E-state index in [4.69, 9.17) is 33.7 Å². The van der Waals surface area contributed by atoms with Crippen LogP contribution in [-0.4, -0.2) is 13.1 Å². The normalized spacial score (nSPS) is 17.1. The van der Waals surface area contributed by atoms with Gasteiger partial charge in [0.15, 0.2) is 0 Å². The quantitative estimate of drug-likeness (QED) is 0.661. The van der Waals surface area contributed by atoms with Crippen LogP contribution in [0.15, 0.2) is 12.1 Å². The van der Waals surface area contributed by atoms with Gasteiger partial charge in [-0.1, -0.05) is 48.9 Å². The first kappa shape index (κ1) is 15.5. The maximum Gasteiger partial charge on any atom is 0.313 e. The Balaban J connectivity index is 2.32. The van der Waals surface area contributed by atoms with E-state index in [0.29, 0.717) is 27.2 Å². The second kappa shape index (κ2) is 6.68. The number of anilines is 1. The standard InChI is InChI=1S/C15H19Cl2NO2/c1-20-15(19)12(6-9-4-2-3-5-9)11-7-10(16)8-13(17)14(11)18/h7-9,12H,2-6,18H2,1H3. The number of hydrogen-bond acceptors (Lipinski definition) is 3. The van der Waals surface area contributed by atoms with Crippen molar-refractivity contribution in [1.29, 1.82) is 0 Å². The summed E-state index contributed by atoms with van der Waals surface area (Å²) in [5, 5.41) is 0.868. The van der Waals surface area contributed by atoms with Crippen LogP contribution in [0.25, 0.3) is 0 Å². The second-order valence-electron chi connectivity index (χ2n) is 5.35. The maximum atomic E-state index is 12.1. The highest BCUT2D eigenvalue weighted by Gasteiger charge is 2.29. The molecule has 0 spiro atoms. The first-order valence-electron chi connectivity index (χ1n) is 6.85. The minimum atomic E-state index is -0.390. The number of hydrogen-bond donors (Lipinski definition) is 1. The van der Waals surface area contributed by atoms with Gasteiger partial charge in [0.05, 0.1) is 23.7 Å². The van der Waals surface area contributed by atoms with Gasteiger partial charge in [-0.05, 0) is 30.0 Å². The lowest BCUT2D eigenvalue weighted by molar-refractivity contribution is -0.142. The molecule has 0 bridgehead atoms. The summed E-state index contributed by atoms with van der Waals surface area (Å²) in [7, 11) is 1.40. The molecule has 3 nitrogen and oxygen atoms in total. The summed E-state index contributed by atoms with van der Waals surface area (Å²) < 4.78 is 4.93. The zero-order valence-electron chi connectivity index (χ0n) is 11.5. The zero-order chi connectivity index (χ0) is 14.7. The monoisotopic (exact) mass is 315 g/mol. The number of nitrogen functional groups attached to an aromatic ring is 1. The molecule has 0 heterocycles. The molecule has 0 aromatic heterocycles. The highest BCUT2D eigenvalue weighted by atomic mass is 35.5. The van der Waals surface area contributed by atoms with Crippen LogP contribution in [0.4, 0.5) is 5.69 Å². The van der Waals surface area contributed by atoms with E-state index < -0.39 is 0 Å². The van der Waals surface area contributed by atoms with E-state index in [0.717, 1.165) is 19.3 Å². The van der Waals surface area contributed by atoms with Crippen molar-refractivity contribution in [1.82, 2.24) is 0 Å². The molecule has 0 saturated heterocycles. The predicted molar refractivity (Wildman–Crippen MR) is 82.2 cm³/mol. The molecule has 5 heteroatoms. The number of halogens is 2. The molecule has 0 aliphatic heterocycles. The summed E-state index contributed by atoms with van der Waals surface area (Å²) in [6.07, 6.45) is 5.51. The maximum absolute atomic E-state index is 12.1. The molecule has 1 unspecified atom stereocenters. The van der Waals surface area contributed by atoms with Crippen molar-refractivity contribution in [3.05, 3.63) is 27.7 Å². The van der Waals surface area contributed by atoms with Crippen molar-refractivity contribution in [3.63, 3.8) is 0 Å². The van der Waals surface area contributed by atoms with Crippen LogP contribution >= 0.6 is 23.2 Å². The average molecular weight is 316 g/mol. The Morgan fingerprint density at radius 2 is 2.05 bits per heavy atom. The van der Waals surface area contributed by atoms with Crippen LogP contribution in [0.3, 0.4) is 0 Å². The van der Waals surface area contributed by atoms with Gasteiger partial charge >= 0.3 is 5.97 Å². The lowest BCUT2D eigenvalue weighted by Gasteiger charge is -2.21. The van der Waals surface area contributed by atoms with Gasteiger partial charge in [-0.2, -0.15) is 0 Å². The van der Waals surface area contributed by atoms with E-state index in [-0.39, 0.29) is 11.9 Å². The number of carbonyl (C=O) groups excluding carboxylic acids is 1. The molecule has 1 saturated carbocycles. The molecule has 2 rings (SSSR count). The molecule has 1 aromatic carbocycles. The topological polar surface area (TPSA) is 52.3 Å². The summed E-state index contributed by atoms with van der Waals surface area (Å²) in [6.45, 7) is 0. The third-order valence-electron chi connectivity index (χ3n) is 4.03. The van der Waals surface area contributed by atoms with Crippen molar-refractivity contribution in [2.24, 2.45) is 5.92 Å². The fourth-order valence-corrected chi connectivity index (χ4v) is 3.47. The molecule has 1 atom stereocenters. The first-order chi connectivity index (χ1) is 9.52. The van der Waals surface area contributed by atoms with E-state index in [9.17, 15) is 4.79 Å². The first-order valence-corrected chi connectivity index (χ1v) is 7.60. The van der Waals surface area contributed by atoms with E-state index in [1.807, 2.05) is 0 Å². The van der Waals surface area contributed by atoms with Gasteiger partial charge < -0.3 is 10.5 Å². The summed E-state index contributed by atoms with van der Waals surface area (Å²) in [4.78, 5) is 12.1. The van der Waals surface area contributed by atoms with Crippen molar-refractivity contribution in [2.75, 3.05) is 12.8 Å². The zero-order valence-corrected chi connectivity index (χ0v) is 13.0. The van der Waals surface area contributed by atoms with Crippen molar-refractivity contribution in [2.45, 2.75) is 38.0 Å². The summed E-state index contributed by atoms with van der Waals surface area (Å²) in [6, 6.07) is 3.31. The number of methoxy groups -OCH3 is 1. The Hall–Kier alpha value is -0.930. The van der Waals surface area contributed by atoms with Crippen LogP contribution in [0.1, 0.15) is 43.6 Å². The number of carbonyl (C=O) groups is 1. The fourth-order valence-electron chi connectivity index (χ4n) is 2.96. The van der Waals surface area contributed by atoms with Crippen LogP contribution in [0.5, 0.6) is 0 Å². The lowest BCUT2D eigenvalue weighted by Crippen LogP contribution is -2.18. The van der Waals surface area contributed by atoms with Crippen LogP contribution in [0.2, 0.25) is 10.0 Å². The number of benzene rings is 1. The minimum absolute atomic E-state index is 0.276. The molecule has 20 heavy (non-hydrogen) atoms. The van der Waals surface area contributed by atoms with E-state index >= 15 is 0 Å². The fraction of sp³-hybridized carbons (Fsp3) is 0.533. The van der Waals surface area contributed by atoms with Gasteiger partial charge in [0, 0.05) is 5.02 Å². The number of esters is 1. The third-order valence-corrected chi connectivity index (χ3v) is 4.56. The Morgan fingerprint density at radius 3 is 2.65 bits per heavy atom. The Bertz CT molecular complexity index is 499. The van der Waals surface area contributed by atoms with Gasteiger partial charge in [-0.3, -0.25) is 4.79 Å². The molecule has 1 aliphatic rings. The van der Waals surface area contributed by atoms with Crippen molar-refractivity contribution >= 4 is 34.9 Å². The molecule has 1 fully saturated rings. The predicted octanol–water partition coefficient (Wildman–Crippen LogP) is 4.41. The van der Waals surface area contributed by atoms with Gasteiger partial charge in [0.1, 0.15) is 0 Å². The van der Waals surface area contributed by atoms with Gasteiger partial charge in [0.2, 0.25) is 0 Å². The number of rotatable bonds is 4. The van der Waals surface area contributed by atoms with Gasteiger partial charge in [-0.25, -0.2) is 0 Å².